The van der Waals surface area contributed by atoms with Crippen molar-refractivity contribution in [2.24, 2.45) is 0 Å². The van der Waals surface area contributed by atoms with Crippen molar-refractivity contribution >= 4 is 23.2 Å². The first-order valence-corrected chi connectivity index (χ1v) is 6.54. The molecular formula is C13H16ClFN2O. The van der Waals surface area contributed by atoms with Crippen LogP contribution in [0.25, 0.3) is 0 Å². The molecule has 1 aromatic rings. The van der Waals surface area contributed by atoms with Crippen molar-refractivity contribution in [2.45, 2.75) is 31.7 Å². The lowest BCUT2D eigenvalue weighted by atomic mass is 10.1. The molecule has 0 saturated carbocycles. The van der Waals surface area contributed by atoms with Gasteiger partial charge in [0.05, 0.1) is 11.7 Å². The molecule has 1 atom stereocenters. The lowest BCUT2D eigenvalue weighted by Gasteiger charge is -2.15. The summed E-state index contributed by atoms with van der Waals surface area (Å²) in [5.74, 6) is -0.692. The van der Waals surface area contributed by atoms with Crippen LogP contribution in [0.4, 0.5) is 10.1 Å². The van der Waals surface area contributed by atoms with Gasteiger partial charge in [-0.2, -0.15) is 0 Å². The predicted molar refractivity (Wildman–Crippen MR) is 70.3 cm³/mol. The van der Waals surface area contributed by atoms with Crippen molar-refractivity contribution in [3.05, 3.63) is 29.0 Å². The van der Waals surface area contributed by atoms with Crippen LogP contribution in [0.3, 0.4) is 0 Å². The molecule has 2 N–H and O–H groups in total. The third kappa shape index (κ3) is 3.43. The van der Waals surface area contributed by atoms with Gasteiger partial charge in [0, 0.05) is 5.02 Å². The molecule has 1 heterocycles. The summed E-state index contributed by atoms with van der Waals surface area (Å²) in [4.78, 5) is 12.0. The molecule has 98 valence electrons. The minimum atomic E-state index is -0.510. The van der Waals surface area contributed by atoms with Gasteiger partial charge in [-0.1, -0.05) is 24.4 Å². The SMILES string of the molecule is O=C(Nc1ccc(Cl)cc1F)C1CCCCCN1. The van der Waals surface area contributed by atoms with Gasteiger partial charge in [-0.3, -0.25) is 4.79 Å². The predicted octanol–water partition coefficient (Wildman–Crippen LogP) is 2.95. The van der Waals surface area contributed by atoms with Gasteiger partial charge in [0.25, 0.3) is 0 Å². The van der Waals surface area contributed by atoms with E-state index in [1.807, 2.05) is 0 Å². The van der Waals surface area contributed by atoms with E-state index in [0.29, 0.717) is 5.02 Å². The topological polar surface area (TPSA) is 41.1 Å². The Bertz CT molecular complexity index is 431. The number of carbonyl (C=O) groups excluding carboxylic acids is 1. The summed E-state index contributed by atoms with van der Waals surface area (Å²) in [6, 6.07) is 3.99. The first kappa shape index (κ1) is 13.3. The van der Waals surface area contributed by atoms with E-state index in [9.17, 15) is 9.18 Å². The van der Waals surface area contributed by atoms with Gasteiger partial charge >= 0.3 is 0 Å². The molecule has 0 spiro atoms. The van der Waals surface area contributed by atoms with Crippen molar-refractivity contribution in [3.63, 3.8) is 0 Å². The average molecular weight is 271 g/mol. The van der Waals surface area contributed by atoms with Crippen molar-refractivity contribution < 1.29 is 9.18 Å². The summed E-state index contributed by atoms with van der Waals surface area (Å²) in [6.07, 6.45) is 4.03. The first-order chi connectivity index (χ1) is 8.66. The van der Waals surface area contributed by atoms with Gasteiger partial charge in [-0.05, 0) is 37.6 Å². The maximum Gasteiger partial charge on any atom is 0.241 e. The van der Waals surface area contributed by atoms with E-state index in [-0.39, 0.29) is 17.6 Å². The molecule has 1 unspecified atom stereocenters. The fourth-order valence-corrected chi connectivity index (χ4v) is 2.22. The van der Waals surface area contributed by atoms with Crippen LogP contribution >= 0.6 is 11.6 Å². The highest BCUT2D eigenvalue weighted by Crippen LogP contribution is 2.19. The largest absolute Gasteiger partial charge is 0.322 e. The number of anilines is 1. The minimum absolute atomic E-state index is 0.176. The normalized spacial score (nSPS) is 20.2. The van der Waals surface area contributed by atoms with Crippen LogP contribution in [0.5, 0.6) is 0 Å². The molecule has 0 bridgehead atoms. The Balaban J connectivity index is 2.01. The lowest BCUT2D eigenvalue weighted by Crippen LogP contribution is -2.40. The van der Waals surface area contributed by atoms with Gasteiger partial charge in [-0.25, -0.2) is 4.39 Å². The Morgan fingerprint density at radius 1 is 1.39 bits per heavy atom. The number of rotatable bonds is 2. The quantitative estimate of drug-likeness (QED) is 0.868. The van der Waals surface area contributed by atoms with E-state index < -0.39 is 5.82 Å². The Labute approximate surface area is 111 Å². The molecule has 2 rings (SSSR count). The van der Waals surface area contributed by atoms with E-state index in [1.165, 1.54) is 12.1 Å². The second kappa shape index (κ2) is 6.16. The minimum Gasteiger partial charge on any atom is -0.322 e. The third-order valence-corrected chi connectivity index (χ3v) is 3.30. The van der Waals surface area contributed by atoms with E-state index in [4.69, 9.17) is 11.6 Å². The zero-order valence-electron chi connectivity index (χ0n) is 10.0. The van der Waals surface area contributed by atoms with E-state index in [0.717, 1.165) is 32.2 Å². The summed E-state index contributed by atoms with van der Waals surface area (Å²) < 4.78 is 13.5. The van der Waals surface area contributed by atoms with Gasteiger partial charge in [-0.15, -0.1) is 0 Å². The van der Waals surface area contributed by atoms with Crippen LogP contribution in [0.1, 0.15) is 25.7 Å². The average Bonchev–Trinajstić information content (AvgIpc) is 2.61. The highest BCUT2D eigenvalue weighted by Gasteiger charge is 2.20. The summed E-state index contributed by atoms with van der Waals surface area (Å²) in [7, 11) is 0. The zero-order chi connectivity index (χ0) is 13.0. The number of hydrogen-bond donors (Lipinski definition) is 2. The molecule has 1 aromatic carbocycles. The second-order valence-corrected chi connectivity index (χ2v) is 4.91. The molecule has 1 saturated heterocycles. The molecule has 1 aliphatic rings. The molecule has 0 aliphatic carbocycles. The fourth-order valence-electron chi connectivity index (χ4n) is 2.06. The first-order valence-electron chi connectivity index (χ1n) is 6.16. The van der Waals surface area contributed by atoms with Crippen molar-refractivity contribution in [2.75, 3.05) is 11.9 Å². The van der Waals surface area contributed by atoms with E-state index in [1.54, 1.807) is 6.07 Å². The molecule has 0 aromatic heterocycles. The number of carbonyl (C=O) groups is 1. The van der Waals surface area contributed by atoms with Crippen molar-refractivity contribution in [1.29, 1.82) is 0 Å². The van der Waals surface area contributed by atoms with Crippen molar-refractivity contribution in [1.82, 2.24) is 5.32 Å². The van der Waals surface area contributed by atoms with Crippen LogP contribution in [0, 0.1) is 5.82 Å². The molecular weight excluding hydrogens is 255 g/mol. The van der Waals surface area contributed by atoms with Gasteiger partial charge in [0.1, 0.15) is 5.82 Å². The van der Waals surface area contributed by atoms with Crippen LogP contribution in [-0.2, 0) is 4.79 Å². The number of amides is 1. The Kier molecular flexibility index (Phi) is 4.55. The summed E-state index contributed by atoms with van der Waals surface area (Å²) in [5, 5.41) is 6.09. The number of benzene rings is 1. The molecule has 1 aliphatic heterocycles. The number of halogens is 2. The molecule has 3 nitrogen and oxygen atoms in total. The van der Waals surface area contributed by atoms with E-state index in [2.05, 4.69) is 10.6 Å². The Morgan fingerprint density at radius 2 is 2.22 bits per heavy atom. The lowest BCUT2D eigenvalue weighted by molar-refractivity contribution is -0.118. The van der Waals surface area contributed by atoms with Crippen LogP contribution in [-0.4, -0.2) is 18.5 Å². The van der Waals surface area contributed by atoms with Gasteiger partial charge < -0.3 is 10.6 Å². The molecule has 18 heavy (non-hydrogen) atoms. The maximum atomic E-state index is 13.5. The van der Waals surface area contributed by atoms with Crippen molar-refractivity contribution in [3.8, 4) is 0 Å². The van der Waals surface area contributed by atoms with Crippen LogP contribution < -0.4 is 10.6 Å². The summed E-state index contributed by atoms with van der Waals surface area (Å²) in [6.45, 7) is 0.835. The highest BCUT2D eigenvalue weighted by molar-refractivity contribution is 6.30. The monoisotopic (exact) mass is 270 g/mol. The molecule has 1 fully saturated rings. The highest BCUT2D eigenvalue weighted by atomic mass is 35.5. The zero-order valence-corrected chi connectivity index (χ0v) is 10.8. The van der Waals surface area contributed by atoms with Crippen LogP contribution in [0.15, 0.2) is 18.2 Å². The fraction of sp³-hybridized carbons (Fsp3) is 0.462. The molecule has 1 amide bonds. The maximum absolute atomic E-state index is 13.5. The Morgan fingerprint density at radius 3 is 3.00 bits per heavy atom. The standard InChI is InChI=1S/C13H16ClFN2O/c14-9-5-6-11(10(15)8-9)17-13(18)12-4-2-1-3-7-16-12/h5-6,8,12,16H,1-4,7H2,(H,17,18). The van der Waals surface area contributed by atoms with Crippen LogP contribution in [0.2, 0.25) is 5.02 Å². The summed E-state index contributed by atoms with van der Waals surface area (Å²) >= 11 is 5.66. The number of nitrogens with one attached hydrogen (secondary N) is 2. The number of hydrogen-bond acceptors (Lipinski definition) is 2. The summed E-state index contributed by atoms with van der Waals surface area (Å²) in [5.41, 5.74) is 0.176. The van der Waals surface area contributed by atoms with E-state index >= 15 is 0 Å². The third-order valence-electron chi connectivity index (χ3n) is 3.07. The second-order valence-electron chi connectivity index (χ2n) is 4.47. The molecule has 5 heteroatoms. The molecule has 0 radical (unpaired) electrons. The smallest absolute Gasteiger partial charge is 0.241 e. The Hall–Kier alpha value is -1.13. The van der Waals surface area contributed by atoms with Gasteiger partial charge in [0.2, 0.25) is 5.91 Å². The van der Waals surface area contributed by atoms with Gasteiger partial charge in [0.15, 0.2) is 0 Å².